The number of allylic oxidation sites excluding steroid dienone is 4. The van der Waals surface area contributed by atoms with Crippen molar-refractivity contribution in [2.75, 3.05) is 0 Å². The monoisotopic (exact) mass is 217 g/mol. The first-order valence-electron chi connectivity index (χ1n) is 6.22. The van der Waals surface area contributed by atoms with Gasteiger partial charge in [0.15, 0.2) is 0 Å². The van der Waals surface area contributed by atoms with Gasteiger partial charge in [-0.3, -0.25) is 0 Å². The van der Waals surface area contributed by atoms with Crippen molar-refractivity contribution in [1.29, 1.82) is 5.26 Å². The van der Waals surface area contributed by atoms with Crippen molar-refractivity contribution in [2.45, 2.75) is 53.4 Å². The molecule has 0 unspecified atom stereocenters. The first kappa shape index (κ1) is 13.0. The maximum atomic E-state index is 9.17. The van der Waals surface area contributed by atoms with Crippen LogP contribution in [-0.2, 0) is 0 Å². The number of nitriles is 1. The Hall–Kier alpha value is -1.03. The molecule has 0 bridgehead atoms. The van der Waals surface area contributed by atoms with Crippen LogP contribution in [0, 0.1) is 22.7 Å². The fourth-order valence-corrected chi connectivity index (χ4v) is 2.18. The van der Waals surface area contributed by atoms with E-state index in [1.165, 1.54) is 11.1 Å². The molecule has 0 spiro atoms. The molecule has 0 radical (unpaired) electrons. The molecule has 1 rings (SSSR count). The summed E-state index contributed by atoms with van der Waals surface area (Å²) in [6.45, 7) is 8.54. The molecule has 0 aromatic rings. The molecule has 0 aromatic carbocycles. The van der Waals surface area contributed by atoms with Crippen LogP contribution in [0.1, 0.15) is 53.4 Å². The van der Waals surface area contributed by atoms with E-state index in [-0.39, 0.29) is 5.41 Å². The zero-order chi connectivity index (χ0) is 12.2. The molecule has 0 saturated carbocycles. The van der Waals surface area contributed by atoms with Gasteiger partial charge >= 0.3 is 0 Å². The van der Waals surface area contributed by atoms with Gasteiger partial charge in [-0.25, -0.2) is 0 Å². The molecule has 0 amide bonds. The van der Waals surface area contributed by atoms with E-state index in [0.717, 1.165) is 25.7 Å². The maximum Gasteiger partial charge on any atom is 0.0693 e. The molecule has 0 N–H and O–H groups in total. The minimum Gasteiger partial charge on any atom is -0.198 e. The number of rotatable bonds is 3. The van der Waals surface area contributed by atoms with Crippen LogP contribution in [-0.4, -0.2) is 0 Å². The lowest BCUT2D eigenvalue weighted by Gasteiger charge is -2.32. The van der Waals surface area contributed by atoms with Crippen LogP contribution in [0.5, 0.6) is 0 Å². The van der Waals surface area contributed by atoms with E-state index in [2.05, 4.69) is 45.9 Å². The molecule has 0 aliphatic heterocycles. The first-order valence-corrected chi connectivity index (χ1v) is 6.22. The van der Waals surface area contributed by atoms with E-state index in [0.29, 0.717) is 5.92 Å². The molecule has 0 fully saturated rings. The van der Waals surface area contributed by atoms with Gasteiger partial charge in [-0.15, -0.1) is 0 Å². The average Bonchev–Trinajstić information content (AvgIpc) is 2.23. The smallest absolute Gasteiger partial charge is 0.0693 e. The lowest BCUT2D eigenvalue weighted by molar-refractivity contribution is 0.295. The van der Waals surface area contributed by atoms with Gasteiger partial charge in [-0.1, -0.05) is 30.2 Å². The topological polar surface area (TPSA) is 23.8 Å². The Morgan fingerprint density at radius 3 is 2.81 bits per heavy atom. The summed E-state index contributed by atoms with van der Waals surface area (Å²) in [5.41, 5.74) is 2.80. The van der Waals surface area contributed by atoms with Crippen LogP contribution in [0.15, 0.2) is 23.3 Å². The second kappa shape index (κ2) is 5.34. The molecule has 2 atom stereocenters. The van der Waals surface area contributed by atoms with E-state index >= 15 is 0 Å². The fraction of sp³-hybridized carbons (Fsp3) is 0.667. The Morgan fingerprint density at radius 1 is 1.62 bits per heavy atom. The van der Waals surface area contributed by atoms with Crippen molar-refractivity contribution in [2.24, 2.45) is 11.3 Å². The van der Waals surface area contributed by atoms with Crippen molar-refractivity contribution >= 4 is 0 Å². The highest BCUT2D eigenvalue weighted by molar-refractivity contribution is 5.17. The second-order valence-corrected chi connectivity index (χ2v) is 5.46. The van der Waals surface area contributed by atoms with Gasteiger partial charge in [0.2, 0.25) is 0 Å². The van der Waals surface area contributed by atoms with Crippen LogP contribution in [0.25, 0.3) is 0 Å². The van der Waals surface area contributed by atoms with Crippen molar-refractivity contribution < 1.29 is 0 Å². The van der Waals surface area contributed by atoms with E-state index < -0.39 is 0 Å². The first-order chi connectivity index (χ1) is 7.48. The highest BCUT2D eigenvalue weighted by Gasteiger charge is 2.32. The lowest BCUT2D eigenvalue weighted by Crippen LogP contribution is -2.25. The van der Waals surface area contributed by atoms with E-state index in [1.807, 2.05) is 0 Å². The van der Waals surface area contributed by atoms with Crippen molar-refractivity contribution in [1.82, 2.24) is 0 Å². The Balaban J connectivity index is 2.57. The highest BCUT2D eigenvalue weighted by atomic mass is 14.4. The summed E-state index contributed by atoms with van der Waals surface area (Å²) in [5.74, 6) is 0.396. The molecule has 1 aliphatic carbocycles. The number of nitrogens with zero attached hydrogens (tertiary/aromatic N) is 1. The molecule has 1 nitrogen and oxygen atoms in total. The summed E-state index contributed by atoms with van der Waals surface area (Å²) in [6.07, 6.45) is 9.05. The summed E-state index contributed by atoms with van der Waals surface area (Å²) < 4.78 is 0. The minimum atomic E-state index is -0.139. The summed E-state index contributed by atoms with van der Waals surface area (Å²) in [7, 11) is 0. The summed E-state index contributed by atoms with van der Waals surface area (Å²) in [6, 6.07) is 2.47. The van der Waals surface area contributed by atoms with E-state index in [1.54, 1.807) is 0 Å². The molecule has 0 saturated heterocycles. The van der Waals surface area contributed by atoms with Gasteiger partial charge in [0, 0.05) is 0 Å². The van der Waals surface area contributed by atoms with Gasteiger partial charge in [-0.2, -0.15) is 5.26 Å². The summed E-state index contributed by atoms with van der Waals surface area (Å²) >= 11 is 0. The molecule has 16 heavy (non-hydrogen) atoms. The largest absolute Gasteiger partial charge is 0.198 e. The van der Waals surface area contributed by atoms with Gasteiger partial charge in [0.25, 0.3) is 0 Å². The minimum absolute atomic E-state index is 0.139. The zero-order valence-electron chi connectivity index (χ0n) is 11.0. The second-order valence-electron chi connectivity index (χ2n) is 5.46. The van der Waals surface area contributed by atoms with Crippen LogP contribution in [0.4, 0.5) is 0 Å². The zero-order valence-corrected chi connectivity index (χ0v) is 11.0. The van der Waals surface area contributed by atoms with Crippen LogP contribution >= 0.6 is 0 Å². The van der Waals surface area contributed by atoms with E-state index in [9.17, 15) is 0 Å². The quantitative estimate of drug-likeness (QED) is 0.633. The molecular formula is C15H23N. The van der Waals surface area contributed by atoms with Gasteiger partial charge < -0.3 is 0 Å². The predicted molar refractivity (Wildman–Crippen MR) is 68.9 cm³/mol. The van der Waals surface area contributed by atoms with Crippen LogP contribution in [0.2, 0.25) is 0 Å². The molecule has 0 heterocycles. The molecule has 1 heteroatoms. The molecule has 1 aliphatic rings. The van der Waals surface area contributed by atoms with Crippen molar-refractivity contribution in [3.05, 3.63) is 23.3 Å². The summed E-state index contributed by atoms with van der Waals surface area (Å²) in [4.78, 5) is 0. The van der Waals surface area contributed by atoms with Gasteiger partial charge in [0.1, 0.15) is 0 Å². The highest BCUT2D eigenvalue weighted by Crippen LogP contribution is 2.39. The Kier molecular flexibility index (Phi) is 4.35. The third kappa shape index (κ3) is 3.23. The van der Waals surface area contributed by atoms with Crippen LogP contribution in [0.3, 0.4) is 0 Å². The van der Waals surface area contributed by atoms with Gasteiger partial charge in [-0.05, 0) is 52.4 Å². The SMILES string of the molecule is CC(C)=CCCC1=C[C@H](C)[C@@](C)(C#N)CC1. The molecule has 88 valence electrons. The number of hydrogen-bond donors (Lipinski definition) is 0. The lowest BCUT2D eigenvalue weighted by atomic mass is 9.70. The number of hydrogen-bond acceptors (Lipinski definition) is 1. The van der Waals surface area contributed by atoms with Crippen LogP contribution < -0.4 is 0 Å². The Labute approximate surface area is 99.9 Å². The summed E-state index contributed by atoms with van der Waals surface area (Å²) in [5, 5.41) is 9.17. The van der Waals surface area contributed by atoms with E-state index in [4.69, 9.17) is 5.26 Å². The van der Waals surface area contributed by atoms with Crippen molar-refractivity contribution in [3.8, 4) is 6.07 Å². The third-order valence-corrected chi connectivity index (χ3v) is 3.73. The maximum absolute atomic E-state index is 9.17. The van der Waals surface area contributed by atoms with Gasteiger partial charge in [0.05, 0.1) is 11.5 Å². The molecular weight excluding hydrogens is 194 g/mol. The normalized spacial score (nSPS) is 29.2. The fourth-order valence-electron chi connectivity index (χ4n) is 2.18. The average molecular weight is 217 g/mol. The standard InChI is InChI=1S/C15H23N/c1-12(2)6-5-7-14-8-9-15(4,11-16)13(3)10-14/h6,10,13H,5,7-9H2,1-4H3/t13-,15+/m0/s1. The Morgan fingerprint density at radius 2 is 2.31 bits per heavy atom. The van der Waals surface area contributed by atoms with Crippen molar-refractivity contribution in [3.63, 3.8) is 0 Å². The molecule has 0 aromatic heterocycles. The predicted octanol–water partition coefficient (Wildman–Crippen LogP) is 4.62. The Bertz CT molecular complexity index is 339. The third-order valence-electron chi connectivity index (χ3n) is 3.73.